The van der Waals surface area contributed by atoms with Crippen LogP contribution in [0.3, 0.4) is 0 Å². The second kappa shape index (κ2) is 12.0. The number of carbonyl (C=O) groups is 2. The fraction of sp³-hybridized carbons (Fsp3) is 0.323. The number of aromatic hydroxyl groups is 1. The van der Waals surface area contributed by atoms with Gasteiger partial charge in [-0.1, -0.05) is 24.3 Å². The molecule has 3 aromatic rings. The van der Waals surface area contributed by atoms with Crippen molar-refractivity contribution in [2.24, 2.45) is 0 Å². The number of nitrogens with one attached hydrogen (secondary N) is 1. The van der Waals surface area contributed by atoms with E-state index in [9.17, 15) is 24.2 Å². The van der Waals surface area contributed by atoms with Crippen LogP contribution in [0, 0.1) is 5.82 Å². The summed E-state index contributed by atoms with van der Waals surface area (Å²) in [5, 5.41) is 24.5. The van der Waals surface area contributed by atoms with Crippen LogP contribution in [-0.2, 0) is 9.59 Å². The molecular weight excluding hydrogens is 557 g/mol. The van der Waals surface area contributed by atoms with Gasteiger partial charge in [-0.05, 0) is 47.9 Å². The lowest BCUT2D eigenvalue weighted by molar-refractivity contribution is -0.134. The summed E-state index contributed by atoms with van der Waals surface area (Å²) in [4.78, 5) is 37.4. The number of carbonyl (C=O) groups excluding carboxylic acids is 2. The molecule has 0 saturated carbocycles. The van der Waals surface area contributed by atoms with Gasteiger partial charge in [0.15, 0.2) is 5.13 Å². The number of piperazine rings is 1. The predicted octanol–water partition coefficient (Wildman–Crippen LogP) is 3.66. The van der Waals surface area contributed by atoms with Crippen molar-refractivity contribution in [3.05, 3.63) is 94.3 Å². The van der Waals surface area contributed by atoms with E-state index in [0.29, 0.717) is 23.7 Å². The zero-order valence-electron chi connectivity index (χ0n) is 22.9. The SMILES string of the molecule is O=C(Nc1nccs1)C(c1cc(F)ccc1O)N1CC2=C(CC(c3ccc(N4CCN(CCO)CC4)cc3)C=C2)C1=O. The summed E-state index contributed by atoms with van der Waals surface area (Å²) in [6, 6.07) is 10.6. The number of allylic oxidation sites excluding steroid dienone is 1. The molecule has 3 N–H and O–H groups in total. The summed E-state index contributed by atoms with van der Waals surface area (Å²) in [6.07, 6.45) is 6.06. The molecule has 3 aliphatic rings. The van der Waals surface area contributed by atoms with Crippen molar-refractivity contribution in [1.82, 2.24) is 14.8 Å². The lowest BCUT2D eigenvalue weighted by atomic mass is 9.86. The summed E-state index contributed by atoms with van der Waals surface area (Å²) in [5.74, 6) is -1.77. The lowest BCUT2D eigenvalue weighted by Gasteiger charge is -2.36. The number of aromatic nitrogens is 1. The molecule has 0 radical (unpaired) electrons. The highest BCUT2D eigenvalue weighted by atomic mass is 32.1. The quantitative estimate of drug-likeness (QED) is 0.368. The van der Waals surface area contributed by atoms with Crippen LogP contribution in [-0.4, -0.2) is 82.7 Å². The number of aliphatic hydroxyl groups excluding tert-OH is 1. The Morgan fingerprint density at radius 2 is 1.93 bits per heavy atom. The number of nitrogens with zero attached hydrogens (tertiary/aromatic N) is 4. The maximum atomic E-state index is 14.3. The molecule has 2 atom stereocenters. The first-order valence-electron chi connectivity index (χ1n) is 14.0. The van der Waals surface area contributed by atoms with Crippen molar-refractivity contribution in [3.63, 3.8) is 0 Å². The molecule has 2 amide bonds. The summed E-state index contributed by atoms with van der Waals surface area (Å²) < 4.78 is 14.3. The highest BCUT2D eigenvalue weighted by Crippen LogP contribution is 2.41. The average molecular weight is 590 g/mol. The van der Waals surface area contributed by atoms with Crippen LogP contribution in [0.25, 0.3) is 0 Å². The molecule has 2 aliphatic heterocycles. The van der Waals surface area contributed by atoms with E-state index in [-0.39, 0.29) is 36.3 Å². The summed E-state index contributed by atoms with van der Waals surface area (Å²) in [7, 11) is 0. The van der Waals surface area contributed by atoms with Crippen molar-refractivity contribution in [1.29, 1.82) is 0 Å². The van der Waals surface area contributed by atoms with Crippen LogP contribution >= 0.6 is 11.3 Å². The van der Waals surface area contributed by atoms with Crippen molar-refractivity contribution in [2.45, 2.75) is 18.4 Å². The molecule has 6 rings (SSSR count). The van der Waals surface area contributed by atoms with Gasteiger partial charge in [0.2, 0.25) is 0 Å². The molecule has 218 valence electrons. The number of rotatable bonds is 8. The van der Waals surface area contributed by atoms with Gasteiger partial charge >= 0.3 is 0 Å². The molecule has 9 nitrogen and oxygen atoms in total. The number of β-amino-alcohol motifs (C(OH)–C–C–N with tert-alkyl or cyclic N) is 1. The third kappa shape index (κ3) is 5.67. The molecule has 42 heavy (non-hydrogen) atoms. The minimum absolute atomic E-state index is 0.00623. The molecule has 1 aromatic heterocycles. The van der Waals surface area contributed by atoms with E-state index < -0.39 is 17.8 Å². The van der Waals surface area contributed by atoms with E-state index in [4.69, 9.17) is 0 Å². The summed E-state index contributed by atoms with van der Waals surface area (Å²) in [5.41, 5.74) is 3.69. The van der Waals surface area contributed by atoms with Gasteiger partial charge in [0.1, 0.15) is 17.6 Å². The van der Waals surface area contributed by atoms with Crippen LogP contribution in [0.2, 0.25) is 0 Å². The third-order valence-electron chi connectivity index (χ3n) is 8.18. The molecule has 1 saturated heterocycles. The first-order chi connectivity index (χ1) is 20.4. The Labute approximate surface area is 247 Å². The molecule has 0 spiro atoms. The van der Waals surface area contributed by atoms with E-state index in [1.165, 1.54) is 22.3 Å². The largest absolute Gasteiger partial charge is 0.508 e. The average Bonchev–Trinajstić information content (AvgIpc) is 3.63. The van der Waals surface area contributed by atoms with Gasteiger partial charge in [-0.2, -0.15) is 0 Å². The first-order valence-corrected chi connectivity index (χ1v) is 14.9. The summed E-state index contributed by atoms with van der Waals surface area (Å²) >= 11 is 1.23. The molecule has 2 unspecified atom stereocenters. The van der Waals surface area contributed by atoms with E-state index in [1.54, 1.807) is 11.6 Å². The van der Waals surface area contributed by atoms with Crippen LogP contribution in [0.5, 0.6) is 5.75 Å². The monoisotopic (exact) mass is 589 g/mol. The van der Waals surface area contributed by atoms with E-state index in [2.05, 4.69) is 50.4 Å². The number of hydrogen-bond donors (Lipinski definition) is 3. The second-order valence-electron chi connectivity index (χ2n) is 10.7. The Balaban J connectivity index is 1.18. The molecular formula is C31H32FN5O4S. The van der Waals surface area contributed by atoms with E-state index in [1.807, 2.05) is 6.08 Å². The van der Waals surface area contributed by atoms with Crippen LogP contribution in [0.1, 0.15) is 29.5 Å². The smallest absolute Gasteiger partial charge is 0.253 e. The molecule has 1 fully saturated rings. The number of benzene rings is 2. The van der Waals surface area contributed by atoms with Crippen molar-refractivity contribution >= 4 is 34.0 Å². The van der Waals surface area contributed by atoms with E-state index >= 15 is 0 Å². The maximum Gasteiger partial charge on any atom is 0.253 e. The Morgan fingerprint density at radius 1 is 1.14 bits per heavy atom. The number of halogens is 1. The fourth-order valence-corrected chi connectivity index (χ4v) is 6.48. The number of phenols is 1. The Bertz CT molecular complexity index is 1520. The minimum atomic E-state index is -1.24. The first kappa shape index (κ1) is 28.1. The number of aliphatic hydroxyl groups is 1. The van der Waals surface area contributed by atoms with Gasteiger partial charge in [-0.15, -0.1) is 11.3 Å². The van der Waals surface area contributed by atoms with Gasteiger partial charge < -0.3 is 20.0 Å². The van der Waals surface area contributed by atoms with Crippen molar-refractivity contribution < 1.29 is 24.2 Å². The van der Waals surface area contributed by atoms with Crippen molar-refractivity contribution in [2.75, 3.05) is 56.1 Å². The van der Waals surface area contributed by atoms with Gasteiger partial charge in [0.05, 0.1) is 6.61 Å². The lowest BCUT2D eigenvalue weighted by Crippen LogP contribution is -2.47. The Kier molecular flexibility index (Phi) is 8.05. The van der Waals surface area contributed by atoms with E-state index in [0.717, 1.165) is 55.1 Å². The number of phenolic OH excluding ortho intramolecular Hbond substituents is 1. The number of amides is 2. The van der Waals surface area contributed by atoms with Gasteiger partial charge in [-0.3, -0.25) is 19.8 Å². The Hall–Kier alpha value is -4.06. The predicted molar refractivity (Wildman–Crippen MR) is 159 cm³/mol. The van der Waals surface area contributed by atoms with Crippen LogP contribution < -0.4 is 10.2 Å². The van der Waals surface area contributed by atoms with Gasteiger partial charge in [-0.25, -0.2) is 9.37 Å². The van der Waals surface area contributed by atoms with Gasteiger partial charge in [0.25, 0.3) is 11.8 Å². The highest BCUT2D eigenvalue weighted by Gasteiger charge is 2.41. The minimum Gasteiger partial charge on any atom is -0.508 e. The molecule has 3 heterocycles. The van der Waals surface area contributed by atoms with Gasteiger partial charge in [0, 0.05) is 73.6 Å². The molecule has 0 bridgehead atoms. The second-order valence-corrected chi connectivity index (χ2v) is 11.6. The zero-order valence-corrected chi connectivity index (χ0v) is 23.8. The normalized spacial score (nSPS) is 19.8. The number of hydrogen-bond acceptors (Lipinski definition) is 8. The van der Waals surface area contributed by atoms with Crippen LogP contribution in [0.4, 0.5) is 15.2 Å². The molecule has 1 aliphatic carbocycles. The third-order valence-corrected chi connectivity index (χ3v) is 8.87. The molecule has 11 heteroatoms. The number of thiazole rings is 1. The maximum absolute atomic E-state index is 14.3. The van der Waals surface area contributed by atoms with Crippen LogP contribution in [0.15, 0.2) is 77.3 Å². The topological polar surface area (TPSA) is 109 Å². The summed E-state index contributed by atoms with van der Waals surface area (Å²) in [6.45, 7) is 4.69. The Morgan fingerprint density at radius 3 is 2.64 bits per heavy atom. The van der Waals surface area contributed by atoms with Crippen molar-refractivity contribution in [3.8, 4) is 5.75 Å². The standard InChI is InChI=1S/C31H32FN5O4S/c32-23-5-8-27(39)26(18-23)28(29(40)34-31-33-9-16-42-31)37-19-22-2-1-21(17-25(22)30(37)41)20-3-6-24(7-4-20)36-12-10-35(11-13-36)14-15-38/h1-9,16,18,21,28,38-39H,10-15,17,19H2,(H,33,34,40). The molecule has 2 aromatic carbocycles. The fourth-order valence-electron chi connectivity index (χ4n) is 5.95. The zero-order chi connectivity index (χ0) is 29.2. The number of anilines is 2. The highest BCUT2D eigenvalue weighted by molar-refractivity contribution is 7.13.